The highest BCUT2D eigenvalue weighted by atomic mass is 35.5. The van der Waals surface area contributed by atoms with Crippen LogP contribution in [0.15, 0.2) is 30.3 Å². The first kappa shape index (κ1) is 23.1. The highest BCUT2D eigenvalue weighted by molar-refractivity contribution is 6.37. The number of hydrogen-bond donors (Lipinski definition) is 2. The number of aliphatic hydroxyl groups excluding tert-OH is 1. The number of aliphatic hydroxyl groups is 2. The summed E-state index contributed by atoms with van der Waals surface area (Å²) < 4.78 is 1.66. The fourth-order valence-corrected chi connectivity index (χ4v) is 5.48. The summed E-state index contributed by atoms with van der Waals surface area (Å²) in [5.41, 5.74) is 3.21. The van der Waals surface area contributed by atoms with Crippen molar-refractivity contribution >= 4 is 40.0 Å². The summed E-state index contributed by atoms with van der Waals surface area (Å²) in [6.07, 6.45) is 0.511. The van der Waals surface area contributed by atoms with Crippen molar-refractivity contribution in [1.29, 1.82) is 0 Å². The molecule has 2 atom stereocenters. The minimum atomic E-state index is -1.02. The lowest BCUT2D eigenvalue weighted by molar-refractivity contribution is -0.137. The predicted molar refractivity (Wildman–Crippen MR) is 126 cm³/mol. The number of aromatic nitrogens is 2. The van der Waals surface area contributed by atoms with Gasteiger partial charge in [0.05, 0.1) is 36.2 Å². The average Bonchev–Trinajstić information content (AvgIpc) is 3.02. The van der Waals surface area contributed by atoms with Gasteiger partial charge in [-0.15, -0.1) is 0 Å². The van der Waals surface area contributed by atoms with Crippen LogP contribution in [0.2, 0.25) is 10.2 Å². The molecule has 2 unspecified atom stereocenters. The second-order valence-corrected chi connectivity index (χ2v) is 9.73. The van der Waals surface area contributed by atoms with E-state index in [1.54, 1.807) is 36.5 Å². The van der Waals surface area contributed by atoms with Crippen molar-refractivity contribution in [2.75, 3.05) is 6.61 Å². The minimum absolute atomic E-state index is 0.0446. The van der Waals surface area contributed by atoms with Crippen molar-refractivity contribution in [2.24, 2.45) is 7.05 Å². The summed E-state index contributed by atoms with van der Waals surface area (Å²) in [4.78, 5) is 15.3. The Morgan fingerprint density at radius 2 is 1.97 bits per heavy atom. The zero-order valence-electron chi connectivity index (χ0n) is 18.6. The number of fused-ring (bicyclic) bond motifs is 2. The Morgan fingerprint density at radius 1 is 1.25 bits per heavy atom. The summed E-state index contributed by atoms with van der Waals surface area (Å²) in [7, 11) is 1.79. The molecule has 32 heavy (non-hydrogen) atoms. The topological polar surface area (TPSA) is 78.6 Å². The standard InChI is InChI=1S/C24H27Cl2N3O3/c1-13-15-6-5-7-18(24(2,3)32)16(15)10-14(12-30)29(13)21(31)11-17-19(25)8-9-20-22(17)23(26)27-28(20)4/h5-9,13-14,30,32H,10-12H2,1-4H3. The molecule has 0 radical (unpaired) electrons. The molecule has 3 aromatic rings. The molecular formula is C24H27Cl2N3O3. The van der Waals surface area contributed by atoms with Gasteiger partial charge in [-0.2, -0.15) is 5.10 Å². The van der Waals surface area contributed by atoms with E-state index in [9.17, 15) is 15.0 Å². The van der Waals surface area contributed by atoms with E-state index in [1.165, 1.54) is 0 Å². The van der Waals surface area contributed by atoms with E-state index >= 15 is 0 Å². The van der Waals surface area contributed by atoms with Crippen LogP contribution < -0.4 is 0 Å². The molecule has 0 spiro atoms. The highest BCUT2D eigenvalue weighted by Crippen LogP contribution is 2.39. The number of carbonyl (C=O) groups is 1. The van der Waals surface area contributed by atoms with Crippen molar-refractivity contribution < 1.29 is 15.0 Å². The van der Waals surface area contributed by atoms with Gasteiger partial charge < -0.3 is 15.1 Å². The first-order valence-electron chi connectivity index (χ1n) is 10.6. The molecule has 1 aliphatic rings. The fraction of sp³-hybridized carbons (Fsp3) is 0.417. The van der Waals surface area contributed by atoms with E-state index < -0.39 is 11.6 Å². The van der Waals surface area contributed by atoms with Crippen molar-refractivity contribution in [3.8, 4) is 0 Å². The smallest absolute Gasteiger partial charge is 0.227 e. The second kappa shape index (κ2) is 8.34. The molecule has 1 amide bonds. The Morgan fingerprint density at radius 3 is 2.62 bits per heavy atom. The number of halogens is 2. The lowest BCUT2D eigenvalue weighted by atomic mass is 9.81. The molecule has 0 fully saturated rings. The molecule has 170 valence electrons. The maximum Gasteiger partial charge on any atom is 0.227 e. The lowest BCUT2D eigenvalue weighted by Crippen LogP contribution is -2.49. The SMILES string of the molecule is CC1c2cccc(C(C)(C)O)c2CC(CO)N1C(=O)Cc1c(Cl)ccc2c1c(Cl)nn2C. The van der Waals surface area contributed by atoms with Crippen LogP contribution in [0.5, 0.6) is 0 Å². The van der Waals surface area contributed by atoms with Crippen LogP contribution in [-0.4, -0.2) is 43.4 Å². The first-order valence-corrected chi connectivity index (χ1v) is 11.4. The summed E-state index contributed by atoms with van der Waals surface area (Å²) in [6.45, 7) is 5.27. The Bertz CT molecular complexity index is 1200. The molecule has 8 heteroatoms. The zero-order valence-corrected chi connectivity index (χ0v) is 20.1. The summed E-state index contributed by atoms with van der Waals surface area (Å²) in [6, 6.07) is 8.69. The fourth-order valence-electron chi connectivity index (χ4n) is 4.93. The van der Waals surface area contributed by atoms with Crippen LogP contribution in [-0.2, 0) is 30.3 Å². The van der Waals surface area contributed by atoms with Crippen molar-refractivity contribution in [2.45, 2.75) is 51.3 Å². The third kappa shape index (κ3) is 3.79. The van der Waals surface area contributed by atoms with E-state index in [2.05, 4.69) is 5.10 Å². The van der Waals surface area contributed by atoms with E-state index in [0.29, 0.717) is 27.5 Å². The normalized spacial score (nSPS) is 18.8. The number of rotatable bonds is 4. The molecule has 4 rings (SSSR count). The number of amides is 1. The van der Waals surface area contributed by atoms with Crippen LogP contribution >= 0.6 is 23.2 Å². The Balaban J connectivity index is 1.74. The van der Waals surface area contributed by atoms with Crippen LogP contribution in [0.3, 0.4) is 0 Å². The first-order chi connectivity index (χ1) is 15.0. The van der Waals surface area contributed by atoms with Gasteiger partial charge in [-0.05, 0) is 61.6 Å². The number of nitrogens with zero attached hydrogens (tertiary/aromatic N) is 3. The molecule has 2 aromatic carbocycles. The lowest BCUT2D eigenvalue weighted by Gasteiger charge is -2.43. The van der Waals surface area contributed by atoms with Crippen molar-refractivity contribution in [3.05, 3.63) is 62.8 Å². The summed E-state index contributed by atoms with van der Waals surface area (Å²) in [5, 5.41) is 26.5. The van der Waals surface area contributed by atoms with Crippen LogP contribution in [0.25, 0.3) is 10.9 Å². The Labute approximate surface area is 197 Å². The monoisotopic (exact) mass is 475 g/mol. The highest BCUT2D eigenvalue weighted by Gasteiger charge is 2.37. The molecule has 0 bridgehead atoms. The quantitative estimate of drug-likeness (QED) is 0.593. The van der Waals surface area contributed by atoms with Gasteiger partial charge in [0, 0.05) is 17.5 Å². The predicted octanol–water partition coefficient (Wildman–Crippen LogP) is 4.16. The molecule has 1 aliphatic heterocycles. The van der Waals surface area contributed by atoms with Gasteiger partial charge in [0.25, 0.3) is 0 Å². The molecule has 1 aromatic heterocycles. The van der Waals surface area contributed by atoms with E-state index in [0.717, 1.165) is 22.2 Å². The largest absolute Gasteiger partial charge is 0.394 e. The molecular weight excluding hydrogens is 449 g/mol. The van der Waals surface area contributed by atoms with E-state index in [-0.39, 0.29) is 25.0 Å². The van der Waals surface area contributed by atoms with Gasteiger partial charge in [-0.1, -0.05) is 41.4 Å². The average molecular weight is 476 g/mol. The number of carbonyl (C=O) groups excluding carboxylic acids is 1. The molecule has 6 nitrogen and oxygen atoms in total. The minimum Gasteiger partial charge on any atom is -0.394 e. The Kier molecular flexibility index (Phi) is 6.01. The van der Waals surface area contributed by atoms with Gasteiger partial charge in [-0.3, -0.25) is 9.48 Å². The van der Waals surface area contributed by atoms with E-state index in [4.69, 9.17) is 23.2 Å². The van der Waals surface area contributed by atoms with Gasteiger partial charge in [0.2, 0.25) is 5.91 Å². The molecule has 2 N–H and O–H groups in total. The number of benzene rings is 2. The maximum atomic E-state index is 13.6. The van der Waals surface area contributed by atoms with Crippen LogP contribution in [0, 0.1) is 0 Å². The molecule has 2 heterocycles. The van der Waals surface area contributed by atoms with Gasteiger partial charge in [-0.25, -0.2) is 0 Å². The van der Waals surface area contributed by atoms with Crippen molar-refractivity contribution in [1.82, 2.24) is 14.7 Å². The number of aryl methyl sites for hydroxylation is 1. The van der Waals surface area contributed by atoms with Crippen molar-refractivity contribution in [3.63, 3.8) is 0 Å². The van der Waals surface area contributed by atoms with Gasteiger partial charge in [0.1, 0.15) is 0 Å². The summed E-state index contributed by atoms with van der Waals surface area (Å²) in [5.74, 6) is -0.148. The number of hydrogen-bond acceptors (Lipinski definition) is 4. The maximum absolute atomic E-state index is 13.6. The Hall–Kier alpha value is -2.12. The van der Waals surface area contributed by atoms with E-state index in [1.807, 2.05) is 31.2 Å². The van der Waals surface area contributed by atoms with Gasteiger partial charge >= 0.3 is 0 Å². The second-order valence-electron chi connectivity index (χ2n) is 8.96. The molecule has 0 saturated carbocycles. The molecule has 0 aliphatic carbocycles. The van der Waals surface area contributed by atoms with Crippen LogP contribution in [0.4, 0.5) is 0 Å². The van der Waals surface area contributed by atoms with Crippen LogP contribution in [0.1, 0.15) is 49.1 Å². The molecule has 0 saturated heterocycles. The van der Waals surface area contributed by atoms with Gasteiger partial charge in [0.15, 0.2) is 5.15 Å². The zero-order chi connectivity index (χ0) is 23.4. The third-order valence-electron chi connectivity index (χ3n) is 6.43. The third-order valence-corrected chi connectivity index (χ3v) is 7.04. The summed E-state index contributed by atoms with van der Waals surface area (Å²) >= 11 is 12.8.